The van der Waals surface area contributed by atoms with E-state index in [1.807, 2.05) is 53.3 Å². The summed E-state index contributed by atoms with van der Waals surface area (Å²) in [7, 11) is 0. The molecular weight excluding hydrogens is 577 g/mol. The van der Waals surface area contributed by atoms with Crippen LogP contribution in [-0.2, 0) is 4.79 Å². The van der Waals surface area contributed by atoms with Gasteiger partial charge in [-0.1, -0.05) is 23.2 Å². The van der Waals surface area contributed by atoms with E-state index in [4.69, 9.17) is 32.9 Å². The number of piperazine rings is 1. The predicted octanol–water partition coefficient (Wildman–Crippen LogP) is 5.62. The Morgan fingerprint density at radius 3 is 2.38 bits per heavy atom. The number of H-pyrrole nitrogens is 1. The second-order valence-electron chi connectivity index (χ2n) is 10.7. The van der Waals surface area contributed by atoms with Crippen LogP contribution in [-0.4, -0.2) is 81.6 Å². The Bertz CT molecular complexity index is 1560. The molecule has 0 unspecified atom stereocenters. The molecule has 42 heavy (non-hydrogen) atoms. The summed E-state index contributed by atoms with van der Waals surface area (Å²) in [5.74, 6) is 1.60. The molecule has 4 aromatic rings. The summed E-state index contributed by atoms with van der Waals surface area (Å²) < 4.78 is 6.20. The van der Waals surface area contributed by atoms with Crippen LogP contribution in [0.15, 0.2) is 48.9 Å². The van der Waals surface area contributed by atoms with Gasteiger partial charge >= 0.3 is 6.03 Å². The molecule has 0 bridgehead atoms. The van der Waals surface area contributed by atoms with Gasteiger partial charge in [0.15, 0.2) is 0 Å². The Morgan fingerprint density at radius 1 is 1.00 bits per heavy atom. The molecule has 1 atom stereocenters. The van der Waals surface area contributed by atoms with Crippen LogP contribution in [0, 0.1) is 5.92 Å². The molecule has 1 aromatic carbocycles. The van der Waals surface area contributed by atoms with E-state index >= 15 is 0 Å². The van der Waals surface area contributed by atoms with Gasteiger partial charge in [0.25, 0.3) is 0 Å². The summed E-state index contributed by atoms with van der Waals surface area (Å²) in [4.78, 5) is 38.7. The Labute approximate surface area is 253 Å². The van der Waals surface area contributed by atoms with Gasteiger partial charge in [-0.15, -0.1) is 0 Å². The molecule has 0 radical (unpaired) electrons. The van der Waals surface area contributed by atoms with Gasteiger partial charge in [0, 0.05) is 80.3 Å². The number of likely N-dealkylation sites (tertiary alicyclic amines) is 1. The lowest BCUT2D eigenvalue weighted by molar-refractivity contribution is -0.112. The fourth-order valence-corrected chi connectivity index (χ4v) is 6.30. The van der Waals surface area contributed by atoms with Crippen molar-refractivity contribution in [3.8, 4) is 17.0 Å². The summed E-state index contributed by atoms with van der Waals surface area (Å²) in [6.45, 7) is 5.87. The number of carbonyl (C=O) groups excluding carboxylic acids is 2. The standard InChI is InChI=1S/C30H31Cl2N7O3/c1-19(28-24(31)16-33-17-25(28)32)42-22-3-4-26-23(14-22)29(36-35-26)21-2-5-27(34-15-21)37-10-12-39(13-11-37)30(41)38-8-6-20(18-40)7-9-38/h2-5,14-20H,6-13H2,1H3,(H,35,36)/t19-/m1/s1. The Morgan fingerprint density at radius 2 is 1.71 bits per heavy atom. The molecule has 0 aliphatic carbocycles. The number of hydrogen-bond acceptors (Lipinski definition) is 7. The van der Waals surface area contributed by atoms with Gasteiger partial charge in [-0.05, 0) is 50.1 Å². The Hall–Kier alpha value is -3.89. The first kappa shape index (κ1) is 28.2. The zero-order valence-electron chi connectivity index (χ0n) is 23.2. The number of ether oxygens (including phenoxy) is 1. The van der Waals surface area contributed by atoms with Gasteiger partial charge in [0.1, 0.15) is 29.7 Å². The number of anilines is 1. The number of aromatic nitrogens is 4. The molecule has 3 aromatic heterocycles. The van der Waals surface area contributed by atoms with Crippen LogP contribution < -0.4 is 9.64 Å². The molecule has 2 saturated heterocycles. The van der Waals surface area contributed by atoms with Crippen molar-refractivity contribution in [1.29, 1.82) is 0 Å². The highest BCUT2D eigenvalue weighted by atomic mass is 35.5. The first-order valence-electron chi connectivity index (χ1n) is 14.1. The maximum absolute atomic E-state index is 13.0. The van der Waals surface area contributed by atoms with E-state index in [2.05, 4.69) is 20.1 Å². The van der Waals surface area contributed by atoms with Crippen molar-refractivity contribution in [3.63, 3.8) is 0 Å². The zero-order chi connectivity index (χ0) is 29.2. The fraction of sp³-hybridized carbons (Fsp3) is 0.367. The Kier molecular flexibility index (Phi) is 8.17. The van der Waals surface area contributed by atoms with Gasteiger partial charge in [-0.3, -0.25) is 10.1 Å². The second kappa shape index (κ2) is 12.1. The van der Waals surface area contributed by atoms with Crippen molar-refractivity contribution < 1.29 is 14.3 Å². The number of halogens is 2. The van der Waals surface area contributed by atoms with E-state index in [1.54, 1.807) is 12.4 Å². The number of rotatable bonds is 6. The van der Waals surface area contributed by atoms with E-state index in [0.717, 1.165) is 47.1 Å². The molecule has 0 saturated carbocycles. The molecule has 6 rings (SSSR count). The van der Waals surface area contributed by atoms with Crippen LogP contribution in [0.2, 0.25) is 10.0 Å². The topological polar surface area (TPSA) is 108 Å². The molecule has 0 spiro atoms. The van der Waals surface area contributed by atoms with E-state index in [-0.39, 0.29) is 18.1 Å². The summed E-state index contributed by atoms with van der Waals surface area (Å²) in [6, 6.07) is 9.82. The van der Waals surface area contributed by atoms with Crippen LogP contribution in [0.5, 0.6) is 5.75 Å². The maximum Gasteiger partial charge on any atom is 0.320 e. The van der Waals surface area contributed by atoms with Crippen molar-refractivity contribution in [2.45, 2.75) is 25.9 Å². The third kappa shape index (κ3) is 5.73. The molecule has 12 heteroatoms. The highest BCUT2D eigenvalue weighted by molar-refractivity contribution is 6.35. The smallest absolute Gasteiger partial charge is 0.320 e. The number of benzene rings is 1. The largest absolute Gasteiger partial charge is 0.486 e. The third-order valence-electron chi connectivity index (χ3n) is 8.04. The van der Waals surface area contributed by atoms with Crippen LogP contribution in [0.4, 0.5) is 10.6 Å². The molecule has 218 valence electrons. The summed E-state index contributed by atoms with van der Waals surface area (Å²) >= 11 is 12.6. The van der Waals surface area contributed by atoms with Gasteiger partial charge in [-0.25, -0.2) is 9.78 Å². The Balaban J connectivity index is 1.11. The van der Waals surface area contributed by atoms with Crippen molar-refractivity contribution in [2.75, 3.05) is 44.2 Å². The molecule has 2 fully saturated rings. The fourth-order valence-electron chi connectivity index (χ4n) is 5.63. The van der Waals surface area contributed by atoms with E-state index < -0.39 is 0 Å². The normalized spacial score (nSPS) is 17.0. The highest BCUT2D eigenvalue weighted by Crippen LogP contribution is 2.35. The van der Waals surface area contributed by atoms with Crippen LogP contribution >= 0.6 is 23.2 Å². The minimum Gasteiger partial charge on any atom is -0.486 e. The van der Waals surface area contributed by atoms with E-state index in [1.165, 1.54) is 0 Å². The van der Waals surface area contributed by atoms with E-state index in [9.17, 15) is 9.59 Å². The number of aldehydes is 1. The number of pyridine rings is 2. The number of aromatic amines is 1. The number of hydrogen-bond donors (Lipinski definition) is 1. The number of piperidine rings is 1. The summed E-state index contributed by atoms with van der Waals surface area (Å²) in [6.07, 6.45) is 7.06. The first-order chi connectivity index (χ1) is 20.4. The predicted molar refractivity (Wildman–Crippen MR) is 162 cm³/mol. The number of carbonyl (C=O) groups is 2. The molecular formula is C30H31Cl2N7O3. The quantitative estimate of drug-likeness (QED) is 0.283. The minimum absolute atomic E-state index is 0.0671. The van der Waals surface area contributed by atoms with Crippen LogP contribution in [0.1, 0.15) is 31.4 Å². The molecule has 2 amide bonds. The summed E-state index contributed by atoms with van der Waals surface area (Å²) in [5.41, 5.74) is 3.22. The molecule has 2 aliphatic rings. The van der Waals surface area contributed by atoms with Crippen LogP contribution in [0.3, 0.4) is 0 Å². The van der Waals surface area contributed by atoms with Crippen molar-refractivity contribution in [3.05, 3.63) is 64.5 Å². The van der Waals surface area contributed by atoms with Crippen molar-refractivity contribution in [1.82, 2.24) is 30.0 Å². The first-order valence-corrected chi connectivity index (χ1v) is 14.8. The second-order valence-corrected chi connectivity index (χ2v) is 11.5. The molecule has 2 aliphatic heterocycles. The third-order valence-corrected chi connectivity index (χ3v) is 8.64. The lowest BCUT2D eigenvalue weighted by Gasteiger charge is -2.39. The number of nitrogens with zero attached hydrogens (tertiary/aromatic N) is 6. The molecule has 1 N–H and O–H groups in total. The minimum atomic E-state index is -0.382. The van der Waals surface area contributed by atoms with Crippen LogP contribution in [0.25, 0.3) is 22.2 Å². The zero-order valence-corrected chi connectivity index (χ0v) is 24.7. The van der Waals surface area contributed by atoms with Gasteiger partial charge in [-0.2, -0.15) is 5.10 Å². The highest BCUT2D eigenvalue weighted by Gasteiger charge is 2.29. The number of urea groups is 1. The van der Waals surface area contributed by atoms with Gasteiger partial charge in [0.05, 0.1) is 15.6 Å². The van der Waals surface area contributed by atoms with Gasteiger partial charge in [0.2, 0.25) is 0 Å². The number of fused-ring (bicyclic) bond motifs is 1. The monoisotopic (exact) mass is 607 g/mol. The maximum atomic E-state index is 13.0. The SMILES string of the molecule is C[C@@H](Oc1ccc2[nH]nc(-c3ccc(N4CCN(C(=O)N5CCC(C=O)CC5)CC4)nc3)c2c1)c1c(Cl)cncc1Cl. The van der Waals surface area contributed by atoms with E-state index in [0.29, 0.717) is 60.6 Å². The average molecular weight is 609 g/mol. The lowest BCUT2D eigenvalue weighted by atomic mass is 9.99. The van der Waals surface area contributed by atoms with Crippen molar-refractivity contribution in [2.24, 2.45) is 5.92 Å². The number of amides is 2. The molecule has 5 heterocycles. The summed E-state index contributed by atoms with van der Waals surface area (Å²) in [5, 5.41) is 9.45. The molecule has 10 nitrogen and oxygen atoms in total. The average Bonchev–Trinajstić information content (AvgIpc) is 3.44. The van der Waals surface area contributed by atoms with Crippen molar-refractivity contribution >= 4 is 52.2 Å². The lowest BCUT2D eigenvalue weighted by Crippen LogP contribution is -2.54. The van der Waals surface area contributed by atoms with Gasteiger partial charge < -0.3 is 24.2 Å². The number of nitrogens with one attached hydrogen (secondary N) is 1.